The maximum Gasteiger partial charge on any atom is 0.350 e. The Morgan fingerprint density at radius 1 is 1.19 bits per heavy atom. The number of rotatable bonds is 6. The summed E-state index contributed by atoms with van der Waals surface area (Å²) in [6.07, 6.45) is 4.88. The fourth-order valence-corrected chi connectivity index (χ4v) is 2.48. The minimum absolute atomic E-state index is 0.0617. The molecular formula is C18H19N5O3. The van der Waals surface area contributed by atoms with Crippen LogP contribution in [-0.2, 0) is 6.54 Å². The van der Waals surface area contributed by atoms with Crippen LogP contribution in [0.5, 0.6) is 0 Å². The third-order valence-electron chi connectivity index (χ3n) is 3.66. The summed E-state index contributed by atoms with van der Waals surface area (Å²) in [5.74, 6) is 0. The van der Waals surface area contributed by atoms with E-state index in [1.807, 2.05) is 12.1 Å². The average Bonchev–Trinajstić information content (AvgIpc) is 2.95. The number of nitrogens with zero attached hydrogens (tertiary/aromatic N) is 3. The molecule has 2 heterocycles. The van der Waals surface area contributed by atoms with Crippen LogP contribution in [0, 0.1) is 0 Å². The third-order valence-corrected chi connectivity index (χ3v) is 3.66. The number of amides is 2. The number of aliphatic hydroxyl groups excluding tert-OH is 1. The lowest BCUT2D eigenvalue weighted by Crippen LogP contribution is -2.28. The van der Waals surface area contributed by atoms with Gasteiger partial charge in [-0.1, -0.05) is 30.4 Å². The number of carbonyl (C=O) groups is 1. The van der Waals surface area contributed by atoms with Gasteiger partial charge in [0.05, 0.1) is 13.2 Å². The van der Waals surface area contributed by atoms with E-state index in [0.717, 1.165) is 5.56 Å². The molecule has 8 nitrogen and oxygen atoms in total. The van der Waals surface area contributed by atoms with Crippen molar-refractivity contribution >= 4 is 17.4 Å². The number of hydrogen-bond acceptors (Lipinski definition) is 4. The van der Waals surface area contributed by atoms with E-state index in [1.165, 1.54) is 9.08 Å². The number of anilines is 1. The van der Waals surface area contributed by atoms with Crippen LogP contribution in [0.25, 0.3) is 5.65 Å². The Labute approximate surface area is 149 Å². The molecule has 0 saturated carbocycles. The first-order valence-electron chi connectivity index (χ1n) is 8.11. The van der Waals surface area contributed by atoms with Crippen molar-refractivity contribution in [2.24, 2.45) is 0 Å². The van der Waals surface area contributed by atoms with Crippen LogP contribution in [0.3, 0.4) is 0 Å². The molecule has 3 rings (SSSR count). The Morgan fingerprint density at radius 3 is 2.88 bits per heavy atom. The number of nitrogens with one attached hydrogen (secondary N) is 2. The fraction of sp³-hybridized carbons (Fsp3) is 0.167. The van der Waals surface area contributed by atoms with Gasteiger partial charge in [-0.3, -0.25) is 4.40 Å². The van der Waals surface area contributed by atoms with Gasteiger partial charge in [-0.15, -0.1) is 5.10 Å². The van der Waals surface area contributed by atoms with Gasteiger partial charge < -0.3 is 15.7 Å². The Morgan fingerprint density at radius 2 is 2.08 bits per heavy atom. The highest BCUT2D eigenvalue weighted by molar-refractivity contribution is 5.89. The number of pyridine rings is 1. The molecule has 0 atom stereocenters. The summed E-state index contributed by atoms with van der Waals surface area (Å²) < 4.78 is 2.86. The first kappa shape index (κ1) is 17.4. The molecule has 0 spiro atoms. The van der Waals surface area contributed by atoms with Gasteiger partial charge in [0, 0.05) is 18.4 Å². The van der Waals surface area contributed by atoms with Gasteiger partial charge in [0.25, 0.3) is 0 Å². The van der Waals surface area contributed by atoms with E-state index in [2.05, 4.69) is 15.7 Å². The number of fused-ring (bicyclic) bond motifs is 1. The third kappa shape index (κ3) is 4.17. The van der Waals surface area contributed by atoms with E-state index in [4.69, 9.17) is 5.11 Å². The molecule has 1 aromatic carbocycles. The fourth-order valence-electron chi connectivity index (χ4n) is 2.48. The van der Waals surface area contributed by atoms with Gasteiger partial charge in [0.15, 0.2) is 5.65 Å². The molecule has 3 aromatic rings. The van der Waals surface area contributed by atoms with Crippen molar-refractivity contribution in [3.8, 4) is 0 Å². The second-order valence-corrected chi connectivity index (χ2v) is 5.56. The van der Waals surface area contributed by atoms with Crippen molar-refractivity contribution in [1.82, 2.24) is 19.5 Å². The van der Waals surface area contributed by atoms with Crippen LogP contribution >= 0.6 is 0 Å². The van der Waals surface area contributed by atoms with E-state index in [1.54, 1.807) is 48.7 Å². The number of hydrogen-bond donors (Lipinski definition) is 3. The normalized spacial score (nSPS) is 11.1. The van der Waals surface area contributed by atoms with Gasteiger partial charge in [-0.2, -0.15) is 0 Å². The van der Waals surface area contributed by atoms with Gasteiger partial charge in [0.1, 0.15) is 0 Å². The molecule has 3 N–H and O–H groups in total. The van der Waals surface area contributed by atoms with E-state index < -0.39 is 0 Å². The maximum absolute atomic E-state index is 12.3. The highest BCUT2D eigenvalue weighted by Crippen LogP contribution is 2.11. The molecule has 2 aromatic heterocycles. The Balaban J connectivity index is 1.69. The van der Waals surface area contributed by atoms with Gasteiger partial charge in [0.2, 0.25) is 0 Å². The zero-order valence-corrected chi connectivity index (χ0v) is 14.0. The predicted molar refractivity (Wildman–Crippen MR) is 98.2 cm³/mol. The second-order valence-electron chi connectivity index (χ2n) is 5.56. The number of benzene rings is 1. The quantitative estimate of drug-likeness (QED) is 0.580. The summed E-state index contributed by atoms with van der Waals surface area (Å²) >= 11 is 0. The SMILES string of the molecule is O=C(NC/C=C/CO)Nc1cccc(Cn2nc3ccccn3c2=O)c1. The second kappa shape index (κ2) is 8.13. The summed E-state index contributed by atoms with van der Waals surface area (Å²) in [6.45, 7) is 0.563. The molecule has 0 saturated heterocycles. The molecule has 0 aliphatic rings. The minimum Gasteiger partial charge on any atom is -0.392 e. The average molecular weight is 353 g/mol. The molecule has 0 bridgehead atoms. The van der Waals surface area contributed by atoms with Crippen molar-refractivity contribution in [2.75, 3.05) is 18.5 Å². The standard InChI is InChI=1S/C18H19N5O3/c24-11-4-2-9-19-17(25)20-15-7-5-6-14(12-15)13-23-18(26)22-10-3-1-8-16(22)21-23/h1-8,10,12,24H,9,11,13H2,(H2,19,20,25)/b4-2+. The lowest BCUT2D eigenvalue weighted by atomic mass is 10.2. The predicted octanol–water partition coefficient (Wildman–Crippen LogP) is 1.21. The molecular weight excluding hydrogens is 334 g/mol. The first-order valence-corrected chi connectivity index (χ1v) is 8.11. The van der Waals surface area contributed by atoms with Gasteiger partial charge in [-0.05, 0) is 29.8 Å². The molecule has 0 aliphatic heterocycles. The summed E-state index contributed by atoms with van der Waals surface area (Å²) in [7, 11) is 0. The lowest BCUT2D eigenvalue weighted by Gasteiger charge is -2.08. The van der Waals surface area contributed by atoms with Crippen LogP contribution < -0.4 is 16.3 Å². The summed E-state index contributed by atoms with van der Waals surface area (Å²) in [4.78, 5) is 24.2. The summed E-state index contributed by atoms with van der Waals surface area (Å²) in [6, 6.07) is 12.2. The highest BCUT2D eigenvalue weighted by atomic mass is 16.2. The topological polar surface area (TPSA) is 101 Å². The van der Waals surface area contributed by atoms with Crippen LogP contribution in [0.4, 0.5) is 10.5 Å². The zero-order valence-electron chi connectivity index (χ0n) is 14.0. The van der Waals surface area contributed by atoms with Crippen molar-refractivity contribution in [2.45, 2.75) is 6.54 Å². The molecule has 8 heteroatoms. The maximum atomic E-state index is 12.3. The summed E-state index contributed by atoms with van der Waals surface area (Å²) in [5.41, 5.74) is 1.82. The number of carbonyl (C=O) groups excluding carboxylic acids is 1. The molecule has 2 amide bonds. The van der Waals surface area contributed by atoms with Crippen LogP contribution in [0.15, 0.2) is 65.6 Å². The smallest absolute Gasteiger partial charge is 0.350 e. The van der Waals surface area contributed by atoms with E-state index in [0.29, 0.717) is 24.4 Å². The molecule has 0 radical (unpaired) electrons. The van der Waals surface area contributed by atoms with Crippen LogP contribution in [0.2, 0.25) is 0 Å². The largest absolute Gasteiger partial charge is 0.392 e. The van der Waals surface area contributed by atoms with Crippen molar-refractivity contribution in [3.05, 3.63) is 76.9 Å². The van der Waals surface area contributed by atoms with Gasteiger partial charge >= 0.3 is 11.7 Å². The molecule has 0 unspecified atom stereocenters. The summed E-state index contributed by atoms with van der Waals surface area (Å²) in [5, 5.41) is 18.3. The van der Waals surface area contributed by atoms with E-state index in [9.17, 15) is 9.59 Å². The van der Waals surface area contributed by atoms with E-state index >= 15 is 0 Å². The first-order chi connectivity index (χ1) is 12.7. The monoisotopic (exact) mass is 353 g/mol. The van der Waals surface area contributed by atoms with Crippen molar-refractivity contribution in [3.63, 3.8) is 0 Å². The highest BCUT2D eigenvalue weighted by Gasteiger charge is 2.07. The molecule has 0 fully saturated rings. The zero-order chi connectivity index (χ0) is 18.4. The van der Waals surface area contributed by atoms with Crippen LogP contribution in [-0.4, -0.2) is 38.5 Å². The number of urea groups is 1. The minimum atomic E-state index is -0.352. The van der Waals surface area contributed by atoms with Crippen LogP contribution in [0.1, 0.15) is 5.56 Å². The van der Waals surface area contributed by atoms with Crippen molar-refractivity contribution < 1.29 is 9.90 Å². The Kier molecular flexibility index (Phi) is 5.45. The molecule has 26 heavy (non-hydrogen) atoms. The Hall–Kier alpha value is -3.39. The Bertz CT molecular complexity index is 990. The number of aromatic nitrogens is 3. The molecule has 0 aliphatic carbocycles. The number of aliphatic hydroxyl groups is 1. The van der Waals surface area contributed by atoms with Crippen molar-refractivity contribution in [1.29, 1.82) is 0 Å². The lowest BCUT2D eigenvalue weighted by molar-refractivity contribution is 0.253. The molecule has 134 valence electrons. The van der Waals surface area contributed by atoms with E-state index in [-0.39, 0.29) is 18.3 Å². The van der Waals surface area contributed by atoms with Gasteiger partial charge in [-0.25, -0.2) is 14.3 Å².